The van der Waals surface area contributed by atoms with Gasteiger partial charge in [-0.2, -0.15) is 0 Å². The van der Waals surface area contributed by atoms with E-state index in [1.807, 2.05) is 6.07 Å². The molecule has 1 aromatic carbocycles. The van der Waals surface area contributed by atoms with Crippen molar-refractivity contribution in [3.8, 4) is 5.75 Å². The van der Waals surface area contributed by atoms with Gasteiger partial charge in [-0.25, -0.2) is 0 Å². The smallest absolute Gasteiger partial charge is 0.167 e. The van der Waals surface area contributed by atoms with Crippen LogP contribution in [0.2, 0.25) is 0 Å². The van der Waals surface area contributed by atoms with Crippen LogP contribution in [0.3, 0.4) is 0 Å². The van der Waals surface area contributed by atoms with Crippen molar-refractivity contribution in [2.24, 2.45) is 5.92 Å². The van der Waals surface area contributed by atoms with Gasteiger partial charge in [-0.05, 0) is 30.4 Å². The molecule has 2 nitrogen and oxygen atoms in total. The van der Waals surface area contributed by atoms with E-state index in [-0.39, 0.29) is 5.78 Å². The fourth-order valence-electron chi connectivity index (χ4n) is 2.67. The van der Waals surface area contributed by atoms with Gasteiger partial charge in [-0.3, -0.25) is 4.79 Å². The maximum absolute atomic E-state index is 12.3. The van der Waals surface area contributed by atoms with E-state index in [1.54, 1.807) is 7.11 Å². The quantitative estimate of drug-likeness (QED) is 0.568. The van der Waals surface area contributed by atoms with Gasteiger partial charge < -0.3 is 4.74 Å². The molecule has 0 amide bonds. The molecule has 1 aliphatic rings. The Morgan fingerprint density at radius 2 is 2.24 bits per heavy atom. The fraction of sp³-hybridized carbons (Fsp3) is 0.500. The number of fused-ring (bicyclic) bond motifs is 1. The van der Waals surface area contributed by atoms with Crippen molar-refractivity contribution >= 4 is 19.1 Å². The molecule has 2 rings (SSSR count). The second-order valence-corrected chi connectivity index (χ2v) is 4.94. The largest absolute Gasteiger partial charge is 0.496 e. The number of ether oxygens (including phenoxy) is 1. The van der Waals surface area contributed by atoms with E-state index >= 15 is 0 Å². The van der Waals surface area contributed by atoms with E-state index < -0.39 is 0 Å². The first-order valence-electron chi connectivity index (χ1n) is 6.36. The molecule has 17 heavy (non-hydrogen) atoms. The lowest BCUT2D eigenvalue weighted by molar-refractivity contribution is 0.0959. The molecule has 0 radical (unpaired) electrons. The Morgan fingerprint density at radius 3 is 2.88 bits per heavy atom. The zero-order valence-corrected chi connectivity index (χ0v) is 10.9. The topological polar surface area (TPSA) is 26.3 Å². The Balaban J connectivity index is 2.47. The predicted molar refractivity (Wildman–Crippen MR) is 72.2 cm³/mol. The van der Waals surface area contributed by atoms with Crippen LogP contribution in [0.1, 0.15) is 42.1 Å². The lowest BCUT2D eigenvalue weighted by Gasteiger charge is -2.11. The molecule has 0 N–H and O–H groups in total. The molecule has 0 saturated heterocycles. The second kappa shape index (κ2) is 4.95. The SMILES string of the molecule is Bc1cc2c(c(OC)c1)C(=O)CC(CC)CC2. The van der Waals surface area contributed by atoms with Crippen LogP contribution in [0.4, 0.5) is 0 Å². The summed E-state index contributed by atoms with van der Waals surface area (Å²) in [5.74, 6) is 1.53. The maximum Gasteiger partial charge on any atom is 0.167 e. The molecule has 0 aliphatic heterocycles. The third-order valence-corrected chi connectivity index (χ3v) is 3.70. The molecule has 0 fully saturated rings. The van der Waals surface area contributed by atoms with Crippen LogP contribution < -0.4 is 10.2 Å². The Morgan fingerprint density at radius 1 is 1.47 bits per heavy atom. The second-order valence-electron chi connectivity index (χ2n) is 4.94. The number of carbonyl (C=O) groups excluding carboxylic acids is 1. The van der Waals surface area contributed by atoms with E-state index in [2.05, 4.69) is 20.8 Å². The minimum Gasteiger partial charge on any atom is -0.496 e. The van der Waals surface area contributed by atoms with Crippen LogP contribution in [0.25, 0.3) is 0 Å². The molecule has 90 valence electrons. The fourth-order valence-corrected chi connectivity index (χ4v) is 2.67. The summed E-state index contributed by atoms with van der Waals surface area (Å²) >= 11 is 0. The molecule has 0 saturated carbocycles. The average Bonchev–Trinajstić information content (AvgIpc) is 2.47. The Hall–Kier alpha value is -1.25. The van der Waals surface area contributed by atoms with Gasteiger partial charge in [0.25, 0.3) is 0 Å². The predicted octanol–water partition coefficient (Wildman–Crippen LogP) is 1.50. The monoisotopic (exact) mass is 230 g/mol. The van der Waals surface area contributed by atoms with Crippen molar-refractivity contribution in [1.82, 2.24) is 0 Å². The van der Waals surface area contributed by atoms with Gasteiger partial charge in [-0.1, -0.05) is 24.9 Å². The molecule has 1 atom stereocenters. The van der Waals surface area contributed by atoms with Crippen molar-refractivity contribution < 1.29 is 9.53 Å². The first-order valence-corrected chi connectivity index (χ1v) is 6.36. The van der Waals surface area contributed by atoms with Crippen molar-refractivity contribution in [3.05, 3.63) is 23.3 Å². The van der Waals surface area contributed by atoms with Crippen molar-refractivity contribution in [1.29, 1.82) is 0 Å². The highest BCUT2D eigenvalue weighted by Crippen LogP contribution is 2.31. The molecular weight excluding hydrogens is 211 g/mol. The number of hydrogen-bond donors (Lipinski definition) is 0. The lowest BCUT2D eigenvalue weighted by atomic mass is 9.89. The number of rotatable bonds is 2. The van der Waals surface area contributed by atoms with E-state index in [9.17, 15) is 4.79 Å². The van der Waals surface area contributed by atoms with E-state index in [4.69, 9.17) is 4.74 Å². The summed E-state index contributed by atoms with van der Waals surface area (Å²) in [4.78, 5) is 12.3. The van der Waals surface area contributed by atoms with Gasteiger partial charge in [0.1, 0.15) is 13.6 Å². The van der Waals surface area contributed by atoms with Gasteiger partial charge in [0.2, 0.25) is 0 Å². The van der Waals surface area contributed by atoms with E-state index in [1.165, 1.54) is 11.0 Å². The van der Waals surface area contributed by atoms with Crippen LogP contribution in [-0.2, 0) is 6.42 Å². The molecule has 0 spiro atoms. The van der Waals surface area contributed by atoms with Gasteiger partial charge in [-0.15, -0.1) is 0 Å². The van der Waals surface area contributed by atoms with Crippen LogP contribution in [-0.4, -0.2) is 20.7 Å². The highest BCUT2D eigenvalue weighted by Gasteiger charge is 2.24. The van der Waals surface area contributed by atoms with Crippen molar-refractivity contribution in [2.45, 2.75) is 32.6 Å². The summed E-state index contributed by atoms with van der Waals surface area (Å²) in [6.45, 7) is 2.16. The maximum atomic E-state index is 12.3. The van der Waals surface area contributed by atoms with Crippen molar-refractivity contribution in [2.75, 3.05) is 7.11 Å². The van der Waals surface area contributed by atoms with Gasteiger partial charge in [0, 0.05) is 6.42 Å². The highest BCUT2D eigenvalue weighted by atomic mass is 16.5. The molecule has 0 bridgehead atoms. The zero-order valence-electron chi connectivity index (χ0n) is 10.9. The highest BCUT2D eigenvalue weighted by molar-refractivity contribution is 6.32. The minimum atomic E-state index is 0.251. The summed E-state index contributed by atoms with van der Waals surface area (Å²) in [6, 6.07) is 4.09. The Bertz CT molecular complexity index is 440. The molecule has 0 heterocycles. The summed E-state index contributed by atoms with van der Waals surface area (Å²) < 4.78 is 5.37. The van der Waals surface area contributed by atoms with Gasteiger partial charge >= 0.3 is 0 Å². The first-order chi connectivity index (χ1) is 8.15. The minimum absolute atomic E-state index is 0.251. The van der Waals surface area contributed by atoms with Crippen LogP contribution in [0.15, 0.2) is 12.1 Å². The zero-order chi connectivity index (χ0) is 12.4. The average molecular weight is 230 g/mol. The molecule has 1 aromatic rings. The van der Waals surface area contributed by atoms with E-state index in [0.717, 1.165) is 30.6 Å². The Kier molecular flexibility index (Phi) is 3.56. The Labute approximate surface area is 104 Å². The number of methoxy groups -OCH3 is 1. The third-order valence-electron chi connectivity index (χ3n) is 3.70. The first kappa shape index (κ1) is 12.2. The number of aryl methyl sites for hydroxylation is 1. The summed E-state index contributed by atoms with van der Waals surface area (Å²) in [7, 11) is 3.69. The van der Waals surface area contributed by atoms with E-state index in [0.29, 0.717) is 12.3 Å². The number of ketones is 1. The number of hydrogen-bond acceptors (Lipinski definition) is 2. The van der Waals surface area contributed by atoms with Gasteiger partial charge in [0.15, 0.2) is 5.78 Å². The summed E-state index contributed by atoms with van der Waals surface area (Å²) in [5.41, 5.74) is 3.17. The lowest BCUT2D eigenvalue weighted by Crippen LogP contribution is -2.11. The van der Waals surface area contributed by atoms with Crippen LogP contribution in [0.5, 0.6) is 5.75 Å². The third kappa shape index (κ3) is 2.38. The number of benzene rings is 1. The summed E-state index contributed by atoms with van der Waals surface area (Å²) in [6.07, 6.45) is 3.86. The molecule has 1 unspecified atom stereocenters. The normalized spacial score (nSPS) is 19.6. The van der Waals surface area contributed by atoms with Crippen LogP contribution >= 0.6 is 0 Å². The standard InChI is InChI=1S/C14H19BO2/c1-3-9-4-5-10-7-11(15)8-13(17-2)14(10)12(16)6-9/h7-9H,3-6,15H2,1-2H3. The van der Waals surface area contributed by atoms with Gasteiger partial charge in [0.05, 0.1) is 12.7 Å². The molecule has 0 aromatic heterocycles. The van der Waals surface area contributed by atoms with Crippen molar-refractivity contribution in [3.63, 3.8) is 0 Å². The number of carbonyl (C=O) groups is 1. The molecule has 1 aliphatic carbocycles. The molecule has 3 heteroatoms. The number of Topliss-reactive ketones (excluding diaryl/α,β-unsaturated/α-hetero) is 1. The molecular formula is C14H19BO2. The van der Waals surface area contributed by atoms with Crippen LogP contribution in [0, 0.1) is 5.92 Å². The summed E-state index contributed by atoms with van der Waals surface area (Å²) in [5, 5.41) is 0.